The van der Waals surface area contributed by atoms with Crippen LogP contribution >= 0.6 is 27.5 Å². The molecule has 4 nitrogen and oxygen atoms in total. The Hall–Kier alpha value is -1.72. The number of nitrogens with two attached hydrogens (primary N) is 1. The van der Waals surface area contributed by atoms with E-state index in [-0.39, 0.29) is 6.61 Å². The molecule has 2 aromatic rings. The second-order valence-electron chi connectivity index (χ2n) is 4.16. The number of primary amides is 1. The topological polar surface area (TPSA) is 61.6 Å². The maximum absolute atomic E-state index is 11.3. The van der Waals surface area contributed by atoms with Crippen LogP contribution in [0.1, 0.15) is 10.4 Å². The van der Waals surface area contributed by atoms with Gasteiger partial charge in [0.25, 0.3) is 5.91 Å². The lowest BCUT2D eigenvalue weighted by molar-refractivity contribution is 0.0995. The Kier molecular flexibility index (Phi) is 5.47. The summed E-state index contributed by atoms with van der Waals surface area (Å²) in [7, 11) is 0. The molecule has 0 bridgehead atoms. The molecule has 0 radical (unpaired) electrons. The summed E-state index contributed by atoms with van der Waals surface area (Å²) >= 11 is 9.24. The van der Waals surface area contributed by atoms with Crippen molar-refractivity contribution in [1.29, 1.82) is 0 Å². The molecule has 6 heteroatoms. The van der Waals surface area contributed by atoms with E-state index >= 15 is 0 Å². The van der Waals surface area contributed by atoms with Gasteiger partial charge in [-0.05, 0) is 36.4 Å². The number of hydrogen-bond acceptors (Lipinski definition) is 3. The molecule has 0 atom stereocenters. The molecule has 0 aromatic heterocycles. The summed E-state index contributed by atoms with van der Waals surface area (Å²) in [5.74, 6) is 0.525. The van der Waals surface area contributed by atoms with Gasteiger partial charge in [-0.1, -0.05) is 33.6 Å². The molecule has 0 fully saturated rings. The molecular formula is C15H13BrClNO3. The summed E-state index contributed by atoms with van der Waals surface area (Å²) < 4.78 is 12.0. The van der Waals surface area contributed by atoms with Gasteiger partial charge in [-0.3, -0.25) is 4.79 Å². The van der Waals surface area contributed by atoms with Crippen molar-refractivity contribution in [2.45, 2.75) is 0 Å². The van der Waals surface area contributed by atoms with E-state index in [1.165, 1.54) is 6.07 Å². The average molecular weight is 371 g/mol. The molecule has 0 saturated heterocycles. The third-order valence-electron chi connectivity index (χ3n) is 2.61. The average Bonchev–Trinajstić information content (AvgIpc) is 2.43. The monoisotopic (exact) mass is 369 g/mol. The van der Waals surface area contributed by atoms with Gasteiger partial charge >= 0.3 is 0 Å². The normalized spacial score (nSPS) is 10.2. The molecule has 0 aliphatic heterocycles. The van der Waals surface area contributed by atoms with Crippen LogP contribution in [0.5, 0.6) is 11.5 Å². The van der Waals surface area contributed by atoms with Gasteiger partial charge in [-0.25, -0.2) is 0 Å². The van der Waals surface area contributed by atoms with Gasteiger partial charge in [-0.2, -0.15) is 0 Å². The van der Waals surface area contributed by atoms with Crippen molar-refractivity contribution in [3.63, 3.8) is 0 Å². The van der Waals surface area contributed by atoms with Crippen LogP contribution in [0.3, 0.4) is 0 Å². The number of hydrogen-bond donors (Lipinski definition) is 1. The Morgan fingerprint density at radius 2 is 1.90 bits per heavy atom. The van der Waals surface area contributed by atoms with Crippen LogP contribution in [0.4, 0.5) is 0 Å². The van der Waals surface area contributed by atoms with Crippen molar-refractivity contribution in [3.8, 4) is 11.5 Å². The van der Waals surface area contributed by atoms with E-state index in [2.05, 4.69) is 15.9 Å². The standard InChI is InChI=1S/C15H13BrClNO3/c16-10-2-1-3-12(8-10)20-6-7-21-14-9-11(17)4-5-13(14)15(18)19/h1-5,8-9H,6-7H2,(H2,18,19). The van der Waals surface area contributed by atoms with E-state index in [4.69, 9.17) is 26.8 Å². The maximum atomic E-state index is 11.3. The zero-order valence-electron chi connectivity index (χ0n) is 11.0. The summed E-state index contributed by atoms with van der Waals surface area (Å²) in [6.45, 7) is 0.605. The van der Waals surface area contributed by atoms with E-state index in [1.54, 1.807) is 12.1 Å². The largest absolute Gasteiger partial charge is 0.490 e. The molecule has 1 amide bonds. The number of ether oxygens (including phenoxy) is 2. The van der Waals surface area contributed by atoms with Gasteiger partial charge in [0.1, 0.15) is 24.7 Å². The third-order valence-corrected chi connectivity index (χ3v) is 3.34. The predicted octanol–water partition coefficient (Wildman–Crippen LogP) is 3.66. The zero-order valence-corrected chi connectivity index (χ0v) is 13.4. The fourth-order valence-electron chi connectivity index (χ4n) is 1.69. The summed E-state index contributed by atoms with van der Waals surface area (Å²) in [6.07, 6.45) is 0. The predicted molar refractivity (Wildman–Crippen MR) is 85.1 cm³/mol. The Labute approximate surface area is 135 Å². The number of carbonyl (C=O) groups excluding carboxylic acids is 1. The molecule has 0 saturated carbocycles. The van der Waals surface area contributed by atoms with Crippen LogP contribution < -0.4 is 15.2 Å². The molecule has 2 aromatic carbocycles. The quantitative estimate of drug-likeness (QED) is 0.789. The first-order valence-electron chi connectivity index (χ1n) is 6.17. The van der Waals surface area contributed by atoms with Crippen molar-refractivity contribution in [3.05, 3.63) is 57.5 Å². The summed E-state index contributed by atoms with van der Waals surface area (Å²) in [5, 5.41) is 0.475. The van der Waals surface area contributed by atoms with Gasteiger partial charge in [0.15, 0.2) is 0 Å². The Morgan fingerprint density at radius 1 is 1.14 bits per heavy atom. The molecule has 0 spiro atoms. The van der Waals surface area contributed by atoms with Crippen LogP contribution in [0, 0.1) is 0 Å². The van der Waals surface area contributed by atoms with Gasteiger partial charge in [0.05, 0.1) is 5.56 Å². The van der Waals surface area contributed by atoms with E-state index in [0.717, 1.165) is 10.2 Å². The molecular weight excluding hydrogens is 358 g/mol. The van der Waals surface area contributed by atoms with Crippen LogP contribution in [-0.4, -0.2) is 19.1 Å². The lowest BCUT2D eigenvalue weighted by atomic mass is 10.2. The lowest BCUT2D eigenvalue weighted by Gasteiger charge is -2.11. The van der Waals surface area contributed by atoms with Gasteiger partial charge in [-0.15, -0.1) is 0 Å². The smallest absolute Gasteiger partial charge is 0.252 e. The minimum Gasteiger partial charge on any atom is -0.490 e. The van der Waals surface area contributed by atoms with Crippen LogP contribution in [0.15, 0.2) is 46.9 Å². The number of carbonyl (C=O) groups is 1. The van der Waals surface area contributed by atoms with Gasteiger partial charge in [0, 0.05) is 9.50 Å². The van der Waals surface area contributed by atoms with E-state index < -0.39 is 5.91 Å². The summed E-state index contributed by atoms with van der Waals surface area (Å²) in [5.41, 5.74) is 5.57. The van der Waals surface area contributed by atoms with E-state index in [1.807, 2.05) is 24.3 Å². The Balaban J connectivity index is 1.91. The van der Waals surface area contributed by atoms with Crippen molar-refractivity contribution in [2.24, 2.45) is 5.73 Å². The first kappa shape index (κ1) is 15.7. The minimum absolute atomic E-state index is 0.271. The summed E-state index contributed by atoms with van der Waals surface area (Å²) in [6, 6.07) is 12.2. The van der Waals surface area contributed by atoms with E-state index in [0.29, 0.717) is 22.9 Å². The van der Waals surface area contributed by atoms with Crippen molar-refractivity contribution in [1.82, 2.24) is 0 Å². The number of halogens is 2. The van der Waals surface area contributed by atoms with Crippen LogP contribution in [0.2, 0.25) is 5.02 Å². The van der Waals surface area contributed by atoms with E-state index in [9.17, 15) is 4.79 Å². The van der Waals surface area contributed by atoms with Gasteiger partial charge < -0.3 is 15.2 Å². The number of amides is 1. The highest BCUT2D eigenvalue weighted by Gasteiger charge is 2.10. The number of benzene rings is 2. The van der Waals surface area contributed by atoms with Crippen LogP contribution in [-0.2, 0) is 0 Å². The second kappa shape index (κ2) is 7.33. The highest BCUT2D eigenvalue weighted by atomic mass is 79.9. The van der Waals surface area contributed by atoms with Crippen molar-refractivity contribution >= 4 is 33.4 Å². The minimum atomic E-state index is -0.561. The highest BCUT2D eigenvalue weighted by molar-refractivity contribution is 9.10. The fraction of sp³-hybridized carbons (Fsp3) is 0.133. The van der Waals surface area contributed by atoms with Crippen molar-refractivity contribution in [2.75, 3.05) is 13.2 Å². The first-order chi connectivity index (χ1) is 10.1. The SMILES string of the molecule is NC(=O)c1ccc(Cl)cc1OCCOc1cccc(Br)c1. The molecule has 2 N–H and O–H groups in total. The second-order valence-corrected chi connectivity index (χ2v) is 5.51. The molecule has 0 heterocycles. The molecule has 2 rings (SSSR count). The van der Waals surface area contributed by atoms with Crippen LogP contribution in [0.25, 0.3) is 0 Å². The van der Waals surface area contributed by atoms with Crippen molar-refractivity contribution < 1.29 is 14.3 Å². The van der Waals surface area contributed by atoms with Gasteiger partial charge in [0.2, 0.25) is 0 Å². The Bertz CT molecular complexity index is 649. The Morgan fingerprint density at radius 3 is 2.62 bits per heavy atom. The molecule has 0 unspecified atom stereocenters. The summed E-state index contributed by atoms with van der Waals surface area (Å²) in [4.78, 5) is 11.3. The molecule has 0 aliphatic carbocycles. The lowest BCUT2D eigenvalue weighted by Crippen LogP contribution is -2.15. The maximum Gasteiger partial charge on any atom is 0.252 e. The first-order valence-corrected chi connectivity index (χ1v) is 7.34. The molecule has 21 heavy (non-hydrogen) atoms. The highest BCUT2D eigenvalue weighted by Crippen LogP contribution is 2.23. The molecule has 0 aliphatic rings. The zero-order chi connectivity index (χ0) is 15.2. The fourth-order valence-corrected chi connectivity index (χ4v) is 2.23. The molecule has 110 valence electrons. The third kappa shape index (κ3) is 4.65. The number of rotatable bonds is 6.